The van der Waals surface area contributed by atoms with E-state index in [9.17, 15) is 9.59 Å². The van der Waals surface area contributed by atoms with Crippen LogP contribution in [-0.2, 0) is 14.1 Å². The first-order chi connectivity index (χ1) is 16.0. The predicted molar refractivity (Wildman–Crippen MR) is 129 cm³/mol. The van der Waals surface area contributed by atoms with Crippen molar-refractivity contribution in [1.29, 1.82) is 0 Å². The smallest absolute Gasteiger partial charge is 0.329 e. The molecule has 8 heteroatoms. The highest BCUT2D eigenvalue weighted by atomic mass is 16.5. The fourth-order valence-electron chi connectivity index (χ4n) is 3.85. The average Bonchev–Trinajstić information content (AvgIpc) is 3.04. The lowest BCUT2D eigenvalue weighted by atomic mass is 10.1. The van der Waals surface area contributed by atoms with Gasteiger partial charge in [0.2, 0.25) is 0 Å². The predicted octanol–water partition coefficient (Wildman–Crippen LogP) is 4.86. The number of benzene rings is 3. The van der Waals surface area contributed by atoms with Gasteiger partial charge in [-0.1, -0.05) is 42.5 Å². The van der Waals surface area contributed by atoms with Crippen molar-refractivity contribution in [2.75, 3.05) is 10.6 Å². The quantitative estimate of drug-likeness (QED) is 0.418. The molecular formula is C25H21N5O3. The standard InChI is InChI=1S/C25H21N5O3/c1-29-22-20(12-13-26-23(22)30(2)25(29)32)33-21-15-18(14-16-8-6-7-11-19(16)21)28-24(31)27-17-9-4-3-5-10-17/h3-15H,1-2H3,(H2,27,28,31). The SMILES string of the molecule is Cn1c(=O)n(C)c2c(Oc3cc(NC(=O)Nc4ccccc4)cc4ccccc34)ccnc21. The number of hydrogen-bond acceptors (Lipinski definition) is 4. The lowest BCUT2D eigenvalue weighted by Crippen LogP contribution is -2.19. The molecule has 2 aromatic heterocycles. The maximum atomic E-state index is 12.5. The van der Waals surface area contributed by atoms with E-state index in [4.69, 9.17) is 4.74 Å². The first kappa shape index (κ1) is 20.3. The summed E-state index contributed by atoms with van der Waals surface area (Å²) in [7, 11) is 3.36. The fourth-order valence-corrected chi connectivity index (χ4v) is 3.85. The highest BCUT2D eigenvalue weighted by Crippen LogP contribution is 2.35. The molecule has 0 spiro atoms. The molecule has 0 unspecified atom stereocenters. The number of ether oxygens (including phenoxy) is 1. The van der Waals surface area contributed by atoms with Gasteiger partial charge >= 0.3 is 11.7 Å². The maximum Gasteiger partial charge on any atom is 0.329 e. The molecule has 0 aliphatic heterocycles. The van der Waals surface area contributed by atoms with E-state index in [2.05, 4.69) is 15.6 Å². The minimum absolute atomic E-state index is 0.189. The molecule has 2 N–H and O–H groups in total. The molecule has 5 aromatic rings. The number of amides is 2. The molecule has 3 aromatic carbocycles. The van der Waals surface area contributed by atoms with Crippen molar-refractivity contribution in [1.82, 2.24) is 14.1 Å². The van der Waals surface area contributed by atoms with Crippen LogP contribution in [0.4, 0.5) is 16.2 Å². The van der Waals surface area contributed by atoms with E-state index in [-0.39, 0.29) is 11.7 Å². The van der Waals surface area contributed by atoms with Gasteiger partial charge in [-0.15, -0.1) is 0 Å². The molecule has 33 heavy (non-hydrogen) atoms. The van der Waals surface area contributed by atoms with Gasteiger partial charge in [-0.05, 0) is 23.6 Å². The topological polar surface area (TPSA) is 90.2 Å². The summed E-state index contributed by atoms with van der Waals surface area (Å²) in [6.07, 6.45) is 1.61. The number of anilines is 2. The molecule has 164 valence electrons. The number of fused-ring (bicyclic) bond motifs is 2. The summed E-state index contributed by atoms with van der Waals surface area (Å²) in [6, 6.07) is 22.0. The summed E-state index contributed by atoms with van der Waals surface area (Å²) < 4.78 is 9.30. The summed E-state index contributed by atoms with van der Waals surface area (Å²) in [5.74, 6) is 1.04. The molecule has 0 aliphatic carbocycles. The zero-order valence-electron chi connectivity index (χ0n) is 18.1. The number of nitrogens with zero attached hydrogens (tertiary/aromatic N) is 3. The lowest BCUT2D eigenvalue weighted by molar-refractivity contribution is 0.262. The maximum absolute atomic E-state index is 12.5. The summed E-state index contributed by atoms with van der Waals surface area (Å²) in [5.41, 5.74) is 2.20. The number of aryl methyl sites for hydroxylation is 2. The Hall–Kier alpha value is -4.59. The largest absolute Gasteiger partial charge is 0.454 e. The van der Waals surface area contributed by atoms with Crippen molar-refractivity contribution in [2.45, 2.75) is 0 Å². The van der Waals surface area contributed by atoms with Gasteiger partial charge < -0.3 is 15.4 Å². The monoisotopic (exact) mass is 439 g/mol. The van der Waals surface area contributed by atoms with Crippen LogP contribution in [-0.4, -0.2) is 20.1 Å². The van der Waals surface area contributed by atoms with Crippen LogP contribution >= 0.6 is 0 Å². The Bertz CT molecular complexity index is 1550. The molecule has 0 aliphatic rings. The van der Waals surface area contributed by atoms with Crippen LogP contribution < -0.4 is 21.1 Å². The Morgan fingerprint density at radius 2 is 1.58 bits per heavy atom. The first-order valence-corrected chi connectivity index (χ1v) is 10.4. The van der Waals surface area contributed by atoms with E-state index in [0.717, 1.165) is 10.8 Å². The fraction of sp³-hybridized carbons (Fsp3) is 0.0800. The third kappa shape index (κ3) is 3.78. The van der Waals surface area contributed by atoms with Gasteiger partial charge in [-0.25, -0.2) is 14.6 Å². The van der Waals surface area contributed by atoms with Gasteiger partial charge in [0.1, 0.15) is 11.3 Å². The number of rotatable bonds is 4. The molecule has 2 amide bonds. The summed E-state index contributed by atoms with van der Waals surface area (Å²) in [5, 5.41) is 7.45. The van der Waals surface area contributed by atoms with E-state index < -0.39 is 0 Å². The molecule has 0 saturated carbocycles. The third-order valence-electron chi connectivity index (χ3n) is 5.43. The summed E-state index contributed by atoms with van der Waals surface area (Å²) >= 11 is 0. The Morgan fingerprint density at radius 3 is 2.39 bits per heavy atom. The Labute approximate surface area is 189 Å². The molecular weight excluding hydrogens is 418 g/mol. The second kappa shape index (κ2) is 8.16. The highest BCUT2D eigenvalue weighted by Gasteiger charge is 2.16. The van der Waals surface area contributed by atoms with E-state index in [1.54, 1.807) is 32.4 Å². The molecule has 0 radical (unpaired) electrons. The summed E-state index contributed by atoms with van der Waals surface area (Å²) in [4.78, 5) is 29.3. The number of hydrogen-bond donors (Lipinski definition) is 2. The molecule has 0 saturated heterocycles. The van der Waals surface area contributed by atoms with Crippen LogP contribution in [0.5, 0.6) is 11.5 Å². The summed E-state index contributed by atoms with van der Waals surface area (Å²) in [6.45, 7) is 0. The van der Waals surface area contributed by atoms with Crippen molar-refractivity contribution >= 4 is 39.3 Å². The van der Waals surface area contributed by atoms with Crippen molar-refractivity contribution in [3.05, 3.63) is 89.5 Å². The van der Waals surface area contributed by atoms with Crippen molar-refractivity contribution in [3.8, 4) is 11.5 Å². The lowest BCUT2D eigenvalue weighted by Gasteiger charge is -2.14. The van der Waals surface area contributed by atoms with E-state index in [1.807, 2.05) is 60.7 Å². The highest BCUT2D eigenvalue weighted by molar-refractivity contribution is 6.02. The number of pyridine rings is 1. The second-order valence-electron chi connectivity index (χ2n) is 7.62. The Balaban J connectivity index is 1.53. The number of para-hydroxylation sites is 1. The molecule has 0 fully saturated rings. The number of imidazole rings is 1. The Kier molecular flexibility index (Phi) is 5.02. The number of urea groups is 1. The van der Waals surface area contributed by atoms with Gasteiger partial charge in [0.25, 0.3) is 0 Å². The molecule has 5 rings (SSSR count). The van der Waals surface area contributed by atoms with E-state index in [0.29, 0.717) is 34.0 Å². The number of carbonyl (C=O) groups excluding carboxylic acids is 1. The zero-order chi connectivity index (χ0) is 22.9. The minimum Gasteiger partial charge on any atom is -0.454 e. The van der Waals surface area contributed by atoms with Crippen molar-refractivity contribution in [2.24, 2.45) is 14.1 Å². The van der Waals surface area contributed by atoms with Crippen molar-refractivity contribution < 1.29 is 9.53 Å². The minimum atomic E-state index is -0.362. The Morgan fingerprint density at radius 1 is 0.848 bits per heavy atom. The van der Waals surface area contributed by atoms with Crippen LogP contribution in [0.3, 0.4) is 0 Å². The normalized spacial score (nSPS) is 11.0. The van der Waals surface area contributed by atoms with Crippen LogP contribution in [0, 0.1) is 0 Å². The van der Waals surface area contributed by atoms with Gasteiger partial charge in [-0.3, -0.25) is 9.13 Å². The van der Waals surface area contributed by atoms with E-state index in [1.165, 1.54) is 9.13 Å². The van der Waals surface area contributed by atoms with Crippen molar-refractivity contribution in [3.63, 3.8) is 0 Å². The zero-order valence-corrected chi connectivity index (χ0v) is 18.1. The van der Waals surface area contributed by atoms with Gasteiger partial charge in [0.05, 0.1) is 0 Å². The van der Waals surface area contributed by atoms with Crippen LogP contribution in [0.25, 0.3) is 21.9 Å². The number of aromatic nitrogens is 3. The molecule has 0 atom stereocenters. The third-order valence-corrected chi connectivity index (χ3v) is 5.43. The van der Waals surface area contributed by atoms with Gasteiger partial charge in [0.15, 0.2) is 11.4 Å². The number of carbonyl (C=O) groups is 1. The van der Waals surface area contributed by atoms with Gasteiger partial charge in [-0.2, -0.15) is 0 Å². The molecule has 2 heterocycles. The second-order valence-corrected chi connectivity index (χ2v) is 7.62. The van der Waals surface area contributed by atoms with E-state index >= 15 is 0 Å². The first-order valence-electron chi connectivity index (χ1n) is 10.4. The van der Waals surface area contributed by atoms with Crippen LogP contribution in [0.1, 0.15) is 0 Å². The molecule has 0 bridgehead atoms. The number of nitrogens with one attached hydrogen (secondary N) is 2. The average molecular weight is 439 g/mol. The van der Waals surface area contributed by atoms with Crippen LogP contribution in [0.2, 0.25) is 0 Å². The van der Waals surface area contributed by atoms with Gasteiger partial charge in [0, 0.05) is 49.2 Å². The molecule has 8 nitrogen and oxygen atoms in total. The van der Waals surface area contributed by atoms with Crippen LogP contribution in [0.15, 0.2) is 83.8 Å².